The minimum atomic E-state index is -0.852. The van der Waals surface area contributed by atoms with Crippen LogP contribution in [0.5, 0.6) is 11.5 Å². The van der Waals surface area contributed by atoms with E-state index in [9.17, 15) is 10.2 Å². The van der Waals surface area contributed by atoms with E-state index >= 15 is 0 Å². The first-order valence-corrected chi connectivity index (χ1v) is 10.2. The van der Waals surface area contributed by atoms with Crippen molar-refractivity contribution in [2.75, 3.05) is 6.61 Å². The molecule has 0 saturated heterocycles. The van der Waals surface area contributed by atoms with Gasteiger partial charge in [0.15, 0.2) is 0 Å². The maximum atomic E-state index is 9.85. The number of ether oxygens (including phenoxy) is 1. The van der Waals surface area contributed by atoms with Gasteiger partial charge in [-0.25, -0.2) is 0 Å². The summed E-state index contributed by atoms with van der Waals surface area (Å²) in [5, 5.41) is 19.7. The summed E-state index contributed by atoms with van der Waals surface area (Å²) in [6, 6.07) is 24.4. The molecular weight excluding hydrogens is 372 g/mol. The molecule has 1 aliphatic carbocycles. The summed E-state index contributed by atoms with van der Waals surface area (Å²) in [7, 11) is 0. The molecule has 3 heteroatoms. The molecule has 4 rings (SSSR count). The second-order valence-corrected chi connectivity index (χ2v) is 7.39. The van der Waals surface area contributed by atoms with Crippen LogP contribution >= 0.6 is 0 Å². The molecule has 0 aliphatic heterocycles. The second kappa shape index (κ2) is 9.36. The lowest BCUT2D eigenvalue weighted by Gasteiger charge is -2.36. The molecule has 0 amide bonds. The Balaban J connectivity index is 1.72. The summed E-state index contributed by atoms with van der Waals surface area (Å²) in [6.45, 7) is 0.557. The van der Waals surface area contributed by atoms with Crippen molar-refractivity contribution in [2.24, 2.45) is 0 Å². The molecule has 0 bridgehead atoms. The zero-order valence-corrected chi connectivity index (χ0v) is 16.7. The molecule has 3 nitrogen and oxygen atoms in total. The Morgan fingerprint density at radius 2 is 1.13 bits per heavy atom. The van der Waals surface area contributed by atoms with Crippen LogP contribution in [-0.2, 0) is 10.3 Å². The first-order valence-electron chi connectivity index (χ1n) is 10.2. The van der Waals surface area contributed by atoms with Gasteiger partial charge in [-0.3, -0.25) is 0 Å². The van der Waals surface area contributed by atoms with Crippen LogP contribution in [-0.4, -0.2) is 16.8 Å². The van der Waals surface area contributed by atoms with Crippen molar-refractivity contribution in [3.63, 3.8) is 0 Å². The normalized spacial score (nSPS) is 14.8. The number of hydrogen-bond acceptors (Lipinski definition) is 3. The molecule has 0 aromatic heterocycles. The maximum Gasteiger partial charge on any atom is 0.143 e. The summed E-state index contributed by atoms with van der Waals surface area (Å²) >= 11 is 0. The van der Waals surface area contributed by atoms with Gasteiger partial charge >= 0.3 is 0 Å². The topological polar surface area (TPSA) is 49.7 Å². The molecule has 2 N–H and O–H groups in total. The fourth-order valence-electron chi connectivity index (χ4n) is 3.90. The van der Waals surface area contributed by atoms with E-state index in [-0.39, 0.29) is 11.5 Å². The van der Waals surface area contributed by atoms with Crippen LogP contribution in [0.25, 0.3) is 0 Å². The van der Waals surface area contributed by atoms with Crippen LogP contribution < -0.4 is 0 Å². The van der Waals surface area contributed by atoms with Crippen LogP contribution in [0.1, 0.15) is 29.5 Å². The van der Waals surface area contributed by atoms with E-state index in [0.29, 0.717) is 6.61 Å². The van der Waals surface area contributed by atoms with E-state index in [4.69, 9.17) is 4.74 Å². The standard InChI is InChI=1S/C27H25O3/c28-25-16-12-23(13-17-25)27(22-10-2-1-3-11-22,24-14-18-26(29)19-15-24)30-20-6-9-21-7-4-5-8-21/h1-5,7-8,10-19,28-29H,6,9,20H2. The largest absolute Gasteiger partial charge is 0.508 e. The van der Waals surface area contributed by atoms with E-state index in [2.05, 4.69) is 37.8 Å². The number of rotatable bonds is 8. The van der Waals surface area contributed by atoms with E-state index < -0.39 is 5.60 Å². The second-order valence-electron chi connectivity index (χ2n) is 7.39. The summed E-state index contributed by atoms with van der Waals surface area (Å²) in [5.41, 5.74) is 1.99. The summed E-state index contributed by atoms with van der Waals surface area (Å²) in [6.07, 6.45) is 10.2. The Kier molecular flexibility index (Phi) is 6.39. The average molecular weight is 397 g/mol. The van der Waals surface area contributed by atoms with Gasteiger partial charge < -0.3 is 14.9 Å². The van der Waals surface area contributed by atoms with Crippen molar-refractivity contribution in [2.45, 2.75) is 18.4 Å². The quantitative estimate of drug-likeness (QED) is 0.385. The molecule has 1 aliphatic rings. The molecule has 3 aromatic carbocycles. The number of phenols is 2. The first-order chi connectivity index (χ1) is 14.7. The molecule has 0 unspecified atom stereocenters. The third-order valence-electron chi connectivity index (χ3n) is 5.39. The van der Waals surface area contributed by atoms with Crippen LogP contribution in [0.3, 0.4) is 0 Å². The van der Waals surface area contributed by atoms with Crippen LogP contribution in [0.4, 0.5) is 0 Å². The Morgan fingerprint density at radius 3 is 1.67 bits per heavy atom. The van der Waals surface area contributed by atoms with E-state index in [1.165, 1.54) is 5.92 Å². The molecular formula is C27H25O3. The fourth-order valence-corrected chi connectivity index (χ4v) is 3.90. The van der Waals surface area contributed by atoms with E-state index in [0.717, 1.165) is 29.5 Å². The average Bonchev–Trinajstić information content (AvgIpc) is 3.30. The predicted octanol–water partition coefficient (Wildman–Crippen LogP) is 5.59. The Labute approximate surface area is 179 Å². The highest BCUT2D eigenvalue weighted by atomic mass is 16.5. The lowest BCUT2D eigenvalue weighted by atomic mass is 9.80. The van der Waals surface area contributed by atoms with Crippen molar-refractivity contribution in [3.05, 3.63) is 127 Å². The molecule has 5 radical (unpaired) electrons. The van der Waals surface area contributed by atoms with Crippen molar-refractivity contribution in [1.82, 2.24) is 0 Å². The number of aromatic hydroxyl groups is 2. The Bertz CT molecular complexity index is 865. The minimum Gasteiger partial charge on any atom is -0.508 e. The molecule has 0 heterocycles. The number of benzene rings is 3. The zero-order chi connectivity index (χ0) is 20.8. The van der Waals surface area contributed by atoms with Gasteiger partial charge in [-0.15, -0.1) is 0 Å². The fraction of sp³-hybridized carbons (Fsp3) is 0.148. The smallest absolute Gasteiger partial charge is 0.143 e. The molecule has 30 heavy (non-hydrogen) atoms. The van der Waals surface area contributed by atoms with Gasteiger partial charge in [-0.05, 0) is 85.4 Å². The highest BCUT2D eigenvalue weighted by molar-refractivity contribution is 5.49. The van der Waals surface area contributed by atoms with Gasteiger partial charge in [-0.2, -0.15) is 0 Å². The lowest BCUT2D eigenvalue weighted by Crippen LogP contribution is -2.33. The molecule has 1 saturated carbocycles. The van der Waals surface area contributed by atoms with Crippen LogP contribution in [0, 0.1) is 31.6 Å². The molecule has 0 spiro atoms. The molecule has 151 valence electrons. The van der Waals surface area contributed by atoms with Crippen molar-refractivity contribution >= 4 is 0 Å². The van der Waals surface area contributed by atoms with Gasteiger partial charge in [0.05, 0.1) is 0 Å². The van der Waals surface area contributed by atoms with Crippen molar-refractivity contribution in [3.8, 4) is 11.5 Å². The van der Waals surface area contributed by atoms with Gasteiger partial charge in [-0.1, -0.05) is 54.6 Å². The highest BCUT2D eigenvalue weighted by Crippen LogP contribution is 2.42. The van der Waals surface area contributed by atoms with Gasteiger partial charge in [0.1, 0.15) is 17.1 Å². The van der Waals surface area contributed by atoms with E-state index in [1.54, 1.807) is 24.3 Å². The zero-order valence-electron chi connectivity index (χ0n) is 16.7. The highest BCUT2D eigenvalue weighted by Gasteiger charge is 2.37. The number of hydrogen-bond donors (Lipinski definition) is 2. The van der Waals surface area contributed by atoms with Crippen LogP contribution in [0.15, 0.2) is 78.9 Å². The van der Waals surface area contributed by atoms with Gasteiger partial charge in [0.25, 0.3) is 0 Å². The van der Waals surface area contributed by atoms with E-state index in [1.807, 2.05) is 42.5 Å². The monoisotopic (exact) mass is 397 g/mol. The molecule has 3 aromatic rings. The third kappa shape index (κ3) is 4.36. The first kappa shape index (κ1) is 20.5. The predicted molar refractivity (Wildman–Crippen MR) is 118 cm³/mol. The number of phenolic OH excluding ortho intramolecular Hbond substituents is 2. The summed E-state index contributed by atoms with van der Waals surface area (Å²) in [4.78, 5) is 0. The van der Waals surface area contributed by atoms with Gasteiger partial charge in [0, 0.05) is 6.61 Å². The van der Waals surface area contributed by atoms with Crippen molar-refractivity contribution in [1.29, 1.82) is 0 Å². The van der Waals surface area contributed by atoms with Gasteiger partial charge in [0.2, 0.25) is 0 Å². The Morgan fingerprint density at radius 1 is 0.633 bits per heavy atom. The SMILES string of the molecule is Oc1ccc(C(OCCC[C]2[CH][CH][CH][CH]2)(c2ccccc2)c2ccc(O)cc2)cc1. The minimum absolute atomic E-state index is 0.211. The summed E-state index contributed by atoms with van der Waals surface area (Å²) in [5.74, 6) is 1.73. The Hall–Kier alpha value is -2.78. The molecule has 1 fully saturated rings. The lowest BCUT2D eigenvalue weighted by molar-refractivity contribution is 0.0113. The third-order valence-corrected chi connectivity index (χ3v) is 5.39. The summed E-state index contributed by atoms with van der Waals surface area (Å²) < 4.78 is 6.70. The van der Waals surface area contributed by atoms with Crippen LogP contribution in [0.2, 0.25) is 0 Å². The molecule has 0 atom stereocenters. The maximum absolute atomic E-state index is 9.85. The van der Waals surface area contributed by atoms with Crippen molar-refractivity contribution < 1.29 is 14.9 Å².